The summed E-state index contributed by atoms with van der Waals surface area (Å²) in [6, 6.07) is 20.1. The molecule has 1 atom stereocenters. The number of hydrogen-bond donors (Lipinski definition) is 1. The van der Waals surface area contributed by atoms with Crippen molar-refractivity contribution >= 4 is 27.1 Å². The predicted octanol–water partition coefficient (Wildman–Crippen LogP) is 6.40. The van der Waals surface area contributed by atoms with Crippen LogP contribution in [-0.2, 0) is 9.84 Å². The maximum atomic E-state index is 13.3. The van der Waals surface area contributed by atoms with Crippen molar-refractivity contribution in [2.45, 2.75) is 61.8 Å². The van der Waals surface area contributed by atoms with Crippen molar-refractivity contribution in [2.24, 2.45) is 0 Å². The Labute approximate surface area is 236 Å². The van der Waals surface area contributed by atoms with E-state index in [0.29, 0.717) is 28.7 Å². The summed E-state index contributed by atoms with van der Waals surface area (Å²) < 4.78 is 30.0. The molecule has 0 bridgehead atoms. The van der Waals surface area contributed by atoms with Gasteiger partial charge in [-0.3, -0.25) is 4.79 Å². The smallest absolute Gasteiger partial charge is 0.251 e. The van der Waals surface area contributed by atoms with E-state index in [9.17, 15) is 18.5 Å². The van der Waals surface area contributed by atoms with Gasteiger partial charge in [0.25, 0.3) is 5.91 Å². The van der Waals surface area contributed by atoms with Gasteiger partial charge in [0.1, 0.15) is 5.75 Å². The van der Waals surface area contributed by atoms with Gasteiger partial charge < -0.3 is 15.0 Å². The molecule has 40 heavy (non-hydrogen) atoms. The van der Waals surface area contributed by atoms with Gasteiger partial charge in [0.05, 0.1) is 42.0 Å². The zero-order chi connectivity index (χ0) is 28.4. The van der Waals surface area contributed by atoms with E-state index in [-0.39, 0.29) is 23.0 Å². The lowest BCUT2D eigenvalue weighted by atomic mass is 10.0. The Hall–Kier alpha value is -3.83. The average molecular weight is 558 g/mol. The molecule has 5 rings (SSSR count). The van der Waals surface area contributed by atoms with E-state index < -0.39 is 15.9 Å². The van der Waals surface area contributed by atoms with Crippen LogP contribution < -0.4 is 15.0 Å². The first kappa shape index (κ1) is 27.7. The second kappa shape index (κ2) is 11.3. The zero-order valence-corrected chi connectivity index (χ0v) is 24.0. The molecule has 0 unspecified atom stereocenters. The van der Waals surface area contributed by atoms with Gasteiger partial charge >= 0.3 is 0 Å². The Morgan fingerprint density at radius 3 is 2.17 bits per heavy atom. The third-order valence-electron chi connectivity index (χ3n) is 7.87. The monoisotopic (exact) mass is 557 g/mol. The van der Waals surface area contributed by atoms with Crippen molar-refractivity contribution in [3.05, 3.63) is 82.9 Å². The summed E-state index contributed by atoms with van der Waals surface area (Å²) in [6.07, 6.45) is 5.04. The van der Waals surface area contributed by atoms with Gasteiger partial charge in [-0.15, -0.1) is 0 Å². The van der Waals surface area contributed by atoms with Crippen LogP contribution in [0.15, 0.2) is 65.6 Å². The summed E-state index contributed by atoms with van der Waals surface area (Å²) in [7, 11) is 0.276. The van der Waals surface area contributed by atoms with Crippen molar-refractivity contribution in [3.8, 4) is 11.8 Å². The molecule has 0 aliphatic heterocycles. The quantitative estimate of drug-likeness (QED) is 0.293. The standard InChI is InChI=1S/C32H35N3O4S/c1-4-40(37,38)28-12-9-23(10-13-28)29(15-16-33)34-32(36)24-11-14-30(31(20-24)39-3)35(2)27-18-25(21-5-6-21)17-26(19-27)22-7-8-22/h9-14,17-22,29H,4-8,15H2,1-3H3,(H,34,36)/t29-/m0/s1. The van der Waals surface area contributed by atoms with E-state index in [4.69, 9.17) is 4.74 Å². The molecule has 1 amide bonds. The molecular formula is C32H35N3O4S. The average Bonchev–Trinajstić information content (AvgIpc) is 3.89. The molecule has 2 fully saturated rings. The maximum absolute atomic E-state index is 13.3. The summed E-state index contributed by atoms with van der Waals surface area (Å²) in [5.41, 5.74) is 5.86. The van der Waals surface area contributed by atoms with Crippen molar-refractivity contribution in [1.82, 2.24) is 5.32 Å². The number of amides is 1. The molecule has 0 heterocycles. The number of rotatable bonds is 11. The highest BCUT2D eigenvalue weighted by molar-refractivity contribution is 7.91. The van der Waals surface area contributed by atoms with E-state index in [1.54, 1.807) is 38.3 Å². The van der Waals surface area contributed by atoms with Crippen LogP contribution in [0.5, 0.6) is 5.75 Å². The summed E-state index contributed by atoms with van der Waals surface area (Å²) >= 11 is 0. The third-order valence-corrected chi connectivity index (χ3v) is 9.62. The molecule has 0 aromatic heterocycles. The maximum Gasteiger partial charge on any atom is 0.251 e. The van der Waals surface area contributed by atoms with E-state index in [1.807, 2.05) is 13.1 Å². The fourth-order valence-electron chi connectivity index (χ4n) is 5.05. The van der Waals surface area contributed by atoms with Gasteiger partial charge in [-0.1, -0.05) is 25.1 Å². The molecule has 3 aromatic carbocycles. The van der Waals surface area contributed by atoms with Crippen LogP contribution in [0.2, 0.25) is 0 Å². The van der Waals surface area contributed by atoms with Gasteiger partial charge in [0.15, 0.2) is 9.84 Å². The highest BCUT2D eigenvalue weighted by Crippen LogP contribution is 2.47. The Morgan fingerprint density at radius 1 is 1.02 bits per heavy atom. The van der Waals surface area contributed by atoms with Gasteiger partial charge in [-0.05, 0) is 96.7 Å². The number of carbonyl (C=O) groups is 1. The SMILES string of the molecule is CCS(=O)(=O)c1ccc([C@H](CC#N)NC(=O)c2ccc(N(C)c3cc(C4CC4)cc(C4CC4)c3)c(OC)c2)cc1. The Morgan fingerprint density at radius 2 is 1.65 bits per heavy atom. The number of nitrogens with zero attached hydrogens (tertiary/aromatic N) is 2. The van der Waals surface area contributed by atoms with Crippen LogP contribution in [0.4, 0.5) is 11.4 Å². The third kappa shape index (κ3) is 6.00. The molecular weight excluding hydrogens is 522 g/mol. The lowest BCUT2D eigenvalue weighted by molar-refractivity contribution is 0.0937. The number of carbonyl (C=O) groups excluding carboxylic acids is 1. The lowest BCUT2D eigenvalue weighted by Gasteiger charge is -2.24. The van der Waals surface area contributed by atoms with Crippen molar-refractivity contribution in [1.29, 1.82) is 5.26 Å². The van der Waals surface area contributed by atoms with Crippen molar-refractivity contribution < 1.29 is 17.9 Å². The van der Waals surface area contributed by atoms with Crippen LogP contribution >= 0.6 is 0 Å². The van der Waals surface area contributed by atoms with E-state index >= 15 is 0 Å². The Bertz CT molecular complexity index is 1520. The van der Waals surface area contributed by atoms with Crippen LogP contribution in [0.25, 0.3) is 0 Å². The molecule has 2 saturated carbocycles. The number of anilines is 2. The number of benzene rings is 3. The normalized spacial score (nSPS) is 15.7. The largest absolute Gasteiger partial charge is 0.495 e. The Kier molecular flexibility index (Phi) is 7.86. The highest BCUT2D eigenvalue weighted by Gasteiger charge is 2.29. The second-order valence-electron chi connectivity index (χ2n) is 10.7. The van der Waals surface area contributed by atoms with E-state index in [1.165, 1.54) is 48.9 Å². The molecule has 0 saturated heterocycles. The van der Waals surface area contributed by atoms with E-state index in [0.717, 1.165) is 11.4 Å². The lowest BCUT2D eigenvalue weighted by Crippen LogP contribution is -2.28. The molecule has 208 valence electrons. The van der Waals surface area contributed by atoms with E-state index in [2.05, 4.69) is 34.5 Å². The first-order valence-corrected chi connectivity index (χ1v) is 15.5. The molecule has 0 radical (unpaired) electrons. The van der Waals surface area contributed by atoms with Gasteiger partial charge in [0.2, 0.25) is 0 Å². The van der Waals surface area contributed by atoms with Gasteiger partial charge in [0, 0.05) is 18.3 Å². The fourth-order valence-corrected chi connectivity index (χ4v) is 5.94. The van der Waals surface area contributed by atoms with Gasteiger partial charge in [-0.25, -0.2) is 8.42 Å². The predicted molar refractivity (Wildman–Crippen MR) is 156 cm³/mol. The second-order valence-corrected chi connectivity index (χ2v) is 13.0. The molecule has 3 aromatic rings. The van der Waals surface area contributed by atoms with Crippen LogP contribution in [-0.4, -0.2) is 34.2 Å². The number of nitriles is 1. The highest BCUT2D eigenvalue weighted by atomic mass is 32.2. The first-order chi connectivity index (χ1) is 19.2. The molecule has 7 nitrogen and oxygen atoms in total. The van der Waals surface area contributed by atoms with Crippen LogP contribution in [0.1, 0.15) is 84.0 Å². The van der Waals surface area contributed by atoms with Crippen LogP contribution in [0, 0.1) is 11.3 Å². The van der Waals surface area contributed by atoms with Crippen molar-refractivity contribution in [2.75, 3.05) is 24.8 Å². The Balaban J connectivity index is 1.37. The summed E-state index contributed by atoms with van der Waals surface area (Å²) in [5, 5.41) is 12.3. The minimum Gasteiger partial charge on any atom is -0.495 e. The fraction of sp³-hybridized carbons (Fsp3) is 0.375. The molecule has 8 heteroatoms. The number of sulfone groups is 1. The first-order valence-electron chi connectivity index (χ1n) is 13.8. The topological polar surface area (TPSA) is 99.5 Å². The molecule has 0 spiro atoms. The van der Waals surface area contributed by atoms with Crippen LogP contribution in [0.3, 0.4) is 0 Å². The number of hydrogen-bond acceptors (Lipinski definition) is 6. The van der Waals surface area contributed by atoms with Gasteiger partial charge in [-0.2, -0.15) is 5.26 Å². The summed E-state index contributed by atoms with van der Waals surface area (Å²) in [6.45, 7) is 1.59. The zero-order valence-electron chi connectivity index (χ0n) is 23.2. The van der Waals surface area contributed by atoms with Crippen molar-refractivity contribution in [3.63, 3.8) is 0 Å². The molecule has 1 N–H and O–H groups in total. The number of methoxy groups -OCH3 is 1. The minimum absolute atomic E-state index is 0.00532. The summed E-state index contributed by atoms with van der Waals surface area (Å²) in [5.74, 6) is 1.56. The molecule has 2 aliphatic carbocycles. The number of ether oxygens (including phenoxy) is 1. The summed E-state index contributed by atoms with van der Waals surface area (Å²) in [4.78, 5) is 15.6. The number of nitrogens with one attached hydrogen (secondary N) is 1. The minimum atomic E-state index is -3.34. The molecule has 2 aliphatic rings.